The molecule has 140 valence electrons. The Bertz CT molecular complexity index is 1200. The third-order valence-electron chi connectivity index (χ3n) is 4.27. The fourth-order valence-corrected chi connectivity index (χ4v) is 2.93. The minimum atomic E-state index is -0.611. The predicted octanol–water partition coefficient (Wildman–Crippen LogP) is 3.30. The average molecular weight is 375 g/mol. The molecule has 7 heteroatoms. The number of carbonyl (C=O) groups is 1. The van der Waals surface area contributed by atoms with Gasteiger partial charge >= 0.3 is 5.63 Å². The van der Waals surface area contributed by atoms with Crippen molar-refractivity contribution in [3.8, 4) is 5.75 Å². The zero-order chi connectivity index (χ0) is 19.5. The lowest BCUT2D eigenvalue weighted by atomic mass is 10.1. The van der Waals surface area contributed by atoms with E-state index in [9.17, 15) is 9.59 Å². The second-order valence-electron chi connectivity index (χ2n) is 6.18. The topological polar surface area (TPSA) is 86.4 Å². The van der Waals surface area contributed by atoms with Crippen molar-refractivity contribution in [1.29, 1.82) is 0 Å². The van der Waals surface area contributed by atoms with Gasteiger partial charge in [0.1, 0.15) is 11.3 Å². The molecule has 0 aliphatic carbocycles. The van der Waals surface area contributed by atoms with Gasteiger partial charge in [0.05, 0.1) is 19.2 Å². The fourth-order valence-electron chi connectivity index (χ4n) is 2.93. The number of nitrogens with zero attached hydrogens (tertiary/aromatic N) is 2. The van der Waals surface area contributed by atoms with Gasteiger partial charge in [-0.3, -0.25) is 9.48 Å². The summed E-state index contributed by atoms with van der Waals surface area (Å²) in [6, 6.07) is 17.7. The van der Waals surface area contributed by atoms with Crippen molar-refractivity contribution >= 4 is 22.7 Å². The number of benzene rings is 2. The zero-order valence-corrected chi connectivity index (χ0v) is 15.1. The number of rotatable bonds is 5. The molecular formula is C21H17N3O4. The molecule has 0 aliphatic rings. The van der Waals surface area contributed by atoms with Crippen molar-refractivity contribution in [3.05, 3.63) is 88.4 Å². The first-order valence-corrected chi connectivity index (χ1v) is 8.63. The lowest BCUT2D eigenvalue weighted by molar-refractivity contribution is 0.102. The van der Waals surface area contributed by atoms with Gasteiger partial charge in [-0.25, -0.2) is 4.79 Å². The zero-order valence-electron chi connectivity index (χ0n) is 15.1. The molecule has 0 saturated carbocycles. The van der Waals surface area contributed by atoms with Crippen LogP contribution in [-0.4, -0.2) is 22.8 Å². The number of amides is 1. The van der Waals surface area contributed by atoms with E-state index in [4.69, 9.17) is 9.15 Å². The molecule has 2 heterocycles. The molecule has 1 amide bonds. The summed E-state index contributed by atoms with van der Waals surface area (Å²) in [4.78, 5) is 24.6. The molecule has 2 aromatic heterocycles. The molecule has 0 aliphatic heterocycles. The van der Waals surface area contributed by atoms with Gasteiger partial charge < -0.3 is 14.5 Å². The third kappa shape index (κ3) is 3.64. The van der Waals surface area contributed by atoms with Crippen LogP contribution in [0.1, 0.15) is 15.9 Å². The van der Waals surface area contributed by atoms with E-state index in [0.29, 0.717) is 23.5 Å². The normalized spacial score (nSPS) is 10.8. The van der Waals surface area contributed by atoms with Crippen LogP contribution in [-0.2, 0) is 6.54 Å². The smallest absolute Gasteiger partial charge is 0.337 e. The molecule has 0 spiro atoms. The fraction of sp³-hybridized carbons (Fsp3) is 0.0952. The number of anilines is 1. The molecule has 28 heavy (non-hydrogen) atoms. The molecule has 7 nitrogen and oxygen atoms in total. The van der Waals surface area contributed by atoms with Crippen LogP contribution in [0.4, 0.5) is 5.82 Å². The predicted molar refractivity (Wildman–Crippen MR) is 105 cm³/mol. The van der Waals surface area contributed by atoms with Crippen molar-refractivity contribution < 1.29 is 13.9 Å². The maximum Gasteiger partial charge on any atom is 0.337 e. The van der Waals surface area contributed by atoms with E-state index in [-0.39, 0.29) is 11.1 Å². The quantitative estimate of drug-likeness (QED) is 0.541. The largest absolute Gasteiger partial charge is 0.497 e. The Morgan fingerprint density at radius 1 is 1.14 bits per heavy atom. The molecule has 0 fully saturated rings. The van der Waals surface area contributed by atoms with Crippen LogP contribution in [0.2, 0.25) is 0 Å². The average Bonchev–Trinajstić information content (AvgIpc) is 3.14. The first kappa shape index (κ1) is 17.5. The summed E-state index contributed by atoms with van der Waals surface area (Å²) in [7, 11) is 1.52. The molecule has 0 saturated heterocycles. The van der Waals surface area contributed by atoms with Crippen molar-refractivity contribution in [3.63, 3.8) is 0 Å². The van der Waals surface area contributed by atoms with Gasteiger partial charge in [0.2, 0.25) is 0 Å². The molecule has 1 N–H and O–H groups in total. The van der Waals surface area contributed by atoms with Crippen LogP contribution in [0.3, 0.4) is 0 Å². The van der Waals surface area contributed by atoms with E-state index in [2.05, 4.69) is 10.4 Å². The summed E-state index contributed by atoms with van der Waals surface area (Å²) in [6.07, 6.45) is 1.78. The van der Waals surface area contributed by atoms with Crippen LogP contribution in [0.25, 0.3) is 11.0 Å². The Balaban J connectivity index is 1.58. The number of methoxy groups -OCH3 is 1. The maximum absolute atomic E-state index is 12.7. The van der Waals surface area contributed by atoms with E-state index in [1.165, 1.54) is 13.2 Å². The third-order valence-corrected chi connectivity index (χ3v) is 4.27. The van der Waals surface area contributed by atoms with E-state index < -0.39 is 11.5 Å². The Kier molecular flexibility index (Phi) is 4.63. The van der Waals surface area contributed by atoms with E-state index in [0.717, 1.165) is 5.56 Å². The van der Waals surface area contributed by atoms with Gasteiger partial charge in [-0.1, -0.05) is 30.3 Å². The summed E-state index contributed by atoms with van der Waals surface area (Å²) in [5.74, 6) is 0.497. The van der Waals surface area contributed by atoms with Crippen LogP contribution in [0.15, 0.2) is 76.1 Å². The number of fused-ring (bicyclic) bond motifs is 1. The number of ether oxygens (including phenoxy) is 1. The molecule has 0 unspecified atom stereocenters. The molecule has 4 rings (SSSR count). The van der Waals surface area contributed by atoms with E-state index >= 15 is 0 Å². The number of hydrogen-bond donors (Lipinski definition) is 1. The number of nitrogens with one attached hydrogen (secondary N) is 1. The lowest BCUT2D eigenvalue weighted by Crippen LogP contribution is -2.16. The molecule has 4 aromatic rings. The van der Waals surface area contributed by atoms with Crippen molar-refractivity contribution in [2.75, 3.05) is 12.4 Å². The highest BCUT2D eigenvalue weighted by Gasteiger charge is 2.15. The first-order valence-electron chi connectivity index (χ1n) is 8.63. The number of aromatic nitrogens is 2. The van der Waals surface area contributed by atoms with E-state index in [1.54, 1.807) is 35.1 Å². The van der Waals surface area contributed by atoms with Crippen LogP contribution in [0.5, 0.6) is 5.75 Å². The van der Waals surface area contributed by atoms with Crippen LogP contribution < -0.4 is 15.7 Å². The van der Waals surface area contributed by atoms with Crippen molar-refractivity contribution in [2.24, 2.45) is 0 Å². The highest BCUT2D eigenvalue weighted by Crippen LogP contribution is 2.23. The highest BCUT2D eigenvalue weighted by atomic mass is 16.5. The number of hydrogen-bond acceptors (Lipinski definition) is 5. The van der Waals surface area contributed by atoms with Gasteiger partial charge in [0, 0.05) is 29.8 Å². The Labute approximate surface area is 160 Å². The standard InChI is InChI=1S/C21H17N3O4/c1-27-15-7-8-16-17(12-20(25)28-18(16)11-15)21(26)22-19-9-10-24(23-19)13-14-5-3-2-4-6-14/h2-12H,13H2,1H3,(H,22,23,26). The Morgan fingerprint density at radius 3 is 2.75 bits per heavy atom. The summed E-state index contributed by atoms with van der Waals surface area (Å²) in [6.45, 7) is 0.592. The monoisotopic (exact) mass is 375 g/mol. The van der Waals surface area contributed by atoms with Crippen molar-refractivity contribution in [2.45, 2.75) is 6.54 Å². The molecule has 0 radical (unpaired) electrons. The second-order valence-corrected chi connectivity index (χ2v) is 6.18. The van der Waals surface area contributed by atoms with Gasteiger partial charge in [-0.15, -0.1) is 0 Å². The van der Waals surface area contributed by atoms with Crippen molar-refractivity contribution in [1.82, 2.24) is 9.78 Å². The second kappa shape index (κ2) is 7.40. The molecule has 2 aromatic carbocycles. The Hall–Kier alpha value is -3.87. The highest BCUT2D eigenvalue weighted by molar-refractivity contribution is 6.11. The van der Waals surface area contributed by atoms with Crippen LogP contribution in [0, 0.1) is 0 Å². The maximum atomic E-state index is 12.7. The summed E-state index contributed by atoms with van der Waals surface area (Å²) in [5.41, 5.74) is 0.989. The first-order chi connectivity index (χ1) is 13.6. The van der Waals surface area contributed by atoms with Crippen LogP contribution >= 0.6 is 0 Å². The minimum Gasteiger partial charge on any atom is -0.497 e. The minimum absolute atomic E-state index is 0.214. The summed E-state index contributed by atoms with van der Waals surface area (Å²) in [5, 5.41) is 7.61. The summed E-state index contributed by atoms with van der Waals surface area (Å²) >= 11 is 0. The van der Waals surface area contributed by atoms with Gasteiger partial charge in [-0.05, 0) is 17.7 Å². The van der Waals surface area contributed by atoms with E-state index in [1.807, 2.05) is 30.3 Å². The van der Waals surface area contributed by atoms with Gasteiger partial charge in [0.15, 0.2) is 5.82 Å². The molecule has 0 atom stereocenters. The summed E-state index contributed by atoms with van der Waals surface area (Å²) < 4.78 is 12.0. The Morgan fingerprint density at radius 2 is 1.96 bits per heavy atom. The van der Waals surface area contributed by atoms with Gasteiger partial charge in [-0.2, -0.15) is 5.10 Å². The molecular weight excluding hydrogens is 358 g/mol. The molecule has 0 bridgehead atoms. The van der Waals surface area contributed by atoms with Gasteiger partial charge in [0.25, 0.3) is 5.91 Å². The SMILES string of the molecule is COc1ccc2c(C(=O)Nc3ccn(Cc4ccccc4)n3)cc(=O)oc2c1. The lowest BCUT2D eigenvalue weighted by Gasteiger charge is -2.07. The number of carbonyl (C=O) groups excluding carboxylic acids is 1.